The van der Waals surface area contributed by atoms with Gasteiger partial charge < -0.3 is 14.6 Å². The molecule has 1 heterocycles. The number of phenolic OH excluding ortho intramolecular Hbond substituents is 1. The predicted molar refractivity (Wildman–Crippen MR) is 81.3 cm³/mol. The molecule has 0 spiro atoms. The summed E-state index contributed by atoms with van der Waals surface area (Å²) in [6, 6.07) is 3.49. The third-order valence-electron chi connectivity index (χ3n) is 4.36. The van der Waals surface area contributed by atoms with Gasteiger partial charge in [-0.2, -0.15) is 0 Å². The minimum atomic E-state index is -0.0132. The standard InChI is InChI=1S/C14H16O3.C3H6O2/c1-3-10(15)8-4-5-11-13(14(8)16)12-7(2)9(12)6-17-11;1-2-5-3-4/h4-5,7,9,12,16H,3,6H2,1-2H3;3H,2H2,1H3. The molecule has 1 aliphatic heterocycles. The lowest BCUT2D eigenvalue weighted by Gasteiger charge is -2.19. The molecule has 3 unspecified atom stereocenters. The zero-order chi connectivity index (χ0) is 16.3. The van der Waals surface area contributed by atoms with E-state index in [-0.39, 0.29) is 11.5 Å². The van der Waals surface area contributed by atoms with Crippen LogP contribution in [0.15, 0.2) is 12.1 Å². The second-order valence-corrected chi connectivity index (χ2v) is 5.56. The summed E-state index contributed by atoms with van der Waals surface area (Å²) in [5, 5.41) is 10.3. The third kappa shape index (κ3) is 2.93. The Hall–Kier alpha value is -2.04. The van der Waals surface area contributed by atoms with Gasteiger partial charge in [0.2, 0.25) is 0 Å². The summed E-state index contributed by atoms with van der Waals surface area (Å²) in [4.78, 5) is 20.9. The molecule has 5 heteroatoms. The molecule has 1 saturated carbocycles. The topological polar surface area (TPSA) is 72.8 Å². The Bertz CT molecular complexity index is 566. The van der Waals surface area contributed by atoms with Crippen molar-refractivity contribution in [3.63, 3.8) is 0 Å². The first kappa shape index (κ1) is 16.3. The molecule has 22 heavy (non-hydrogen) atoms. The Balaban J connectivity index is 0.000000309. The monoisotopic (exact) mass is 306 g/mol. The van der Waals surface area contributed by atoms with Crippen molar-refractivity contribution in [2.75, 3.05) is 13.2 Å². The summed E-state index contributed by atoms with van der Waals surface area (Å²) >= 11 is 0. The molecule has 1 aromatic rings. The minimum absolute atomic E-state index is 0.0132. The lowest BCUT2D eigenvalue weighted by Crippen LogP contribution is -2.10. The summed E-state index contributed by atoms with van der Waals surface area (Å²) in [6.07, 6.45) is 0.414. The van der Waals surface area contributed by atoms with Crippen LogP contribution < -0.4 is 4.74 Å². The molecule has 1 fully saturated rings. The number of rotatable bonds is 4. The summed E-state index contributed by atoms with van der Waals surface area (Å²) in [7, 11) is 0. The fourth-order valence-corrected chi connectivity index (χ4v) is 2.99. The maximum Gasteiger partial charge on any atom is 0.293 e. The van der Waals surface area contributed by atoms with Gasteiger partial charge in [-0.05, 0) is 25.0 Å². The highest BCUT2D eigenvalue weighted by molar-refractivity contribution is 5.99. The number of ether oxygens (including phenoxy) is 2. The van der Waals surface area contributed by atoms with Crippen LogP contribution in [0.5, 0.6) is 11.5 Å². The molecule has 1 aromatic carbocycles. The lowest BCUT2D eigenvalue weighted by atomic mass is 9.97. The first-order valence-electron chi connectivity index (χ1n) is 7.63. The average Bonchev–Trinajstić information content (AvgIpc) is 3.19. The van der Waals surface area contributed by atoms with Crippen LogP contribution in [-0.2, 0) is 9.53 Å². The van der Waals surface area contributed by atoms with Gasteiger partial charge >= 0.3 is 0 Å². The largest absolute Gasteiger partial charge is 0.507 e. The van der Waals surface area contributed by atoms with Crippen molar-refractivity contribution in [2.24, 2.45) is 11.8 Å². The summed E-state index contributed by atoms with van der Waals surface area (Å²) in [6.45, 7) is 7.37. The number of fused-ring (bicyclic) bond motifs is 3. The van der Waals surface area contributed by atoms with E-state index in [1.807, 2.05) is 6.07 Å². The first-order valence-corrected chi connectivity index (χ1v) is 7.63. The molecule has 0 saturated heterocycles. The number of hydrogen-bond acceptors (Lipinski definition) is 5. The van der Waals surface area contributed by atoms with E-state index >= 15 is 0 Å². The Kier molecular flexibility index (Phi) is 5.06. The van der Waals surface area contributed by atoms with Crippen molar-refractivity contribution in [1.82, 2.24) is 0 Å². The van der Waals surface area contributed by atoms with Gasteiger partial charge in [-0.25, -0.2) is 0 Å². The van der Waals surface area contributed by atoms with Gasteiger partial charge in [0.15, 0.2) is 5.78 Å². The van der Waals surface area contributed by atoms with Gasteiger partial charge in [0.25, 0.3) is 6.47 Å². The van der Waals surface area contributed by atoms with Crippen LogP contribution in [0.4, 0.5) is 0 Å². The van der Waals surface area contributed by atoms with E-state index in [4.69, 9.17) is 4.74 Å². The third-order valence-corrected chi connectivity index (χ3v) is 4.36. The Labute approximate surface area is 130 Å². The van der Waals surface area contributed by atoms with Crippen LogP contribution in [0.1, 0.15) is 49.0 Å². The van der Waals surface area contributed by atoms with Gasteiger partial charge in [0.1, 0.15) is 11.5 Å². The molecule has 0 amide bonds. The van der Waals surface area contributed by atoms with Crippen LogP contribution in [0.3, 0.4) is 0 Å². The van der Waals surface area contributed by atoms with Gasteiger partial charge in [0.05, 0.1) is 18.8 Å². The van der Waals surface area contributed by atoms with Crippen molar-refractivity contribution in [3.8, 4) is 11.5 Å². The minimum Gasteiger partial charge on any atom is -0.507 e. The SMILES string of the molecule is CCC(=O)c1ccc2c(c1O)C1C(C)C1CO2.CCOC=O. The average molecular weight is 306 g/mol. The highest BCUT2D eigenvalue weighted by atomic mass is 16.5. The van der Waals surface area contributed by atoms with Gasteiger partial charge in [-0.1, -0.05) is 13.8 Å². The van der Waals surface area contributed by atoms with Crippen LogP contribution in [0.2, 0.25) is 0 Å². The highest BCUT2D eigenvalue weighted by Gasteiger charge is 2.53. The van der Waals surface area contributed by atoms with E-state index < -0.39 is 0 Å². The van der Waals surface area contributed by atoms with Crippen LogP contribution in [-0.4, -0.2) is 30.6 Å². The molecule has 1 aliphatic carbocycles. The van der Waals surface area contributed by atoms with Crippen molar-refractivity contribution < 1.29 is 24.2 Å². The molecule has 2 aliphatic rings. The Morgan fingerprint density at radius 1 is 1.45 bits per heavy atom. The predicted octanol–water partition coefficient (Wildman–Crippen LogP) is 2.91. The fraction of sp³-hybridized carbons (Fsp3) is 0.529. The number of carbonyl (C=O) groups is 2. The lowest BCUT2D eigenvalue weighted by molar-refractivity contribution is -0.128. The number of ketones is 1. The zero-order valence-corrected chi connectivity index (χ0v) is 13.2. The van der Waals surface area contributed by atoms with Crippen molar-refractivity contribution in [2.45, 2.75) is 33.1 Å². The van der Waals surface area contributed by atoms with E-state index in [1.165, 1.54) is 0 Å². The number of benzene rings is 1. The molecular formula is C17H22O5. The quantitative estimate of drug-likeness (QED) is 0.684. The Morgan fingerprint density at radius 3 is 2.73 bits per heavy atom. The van der Waals surface area contributed by atoms with Crippen molar-refractivity contribution in [1.29, 1.82) is 0 Å². The zero-order valence-electron chi connectivity index (χ0n) is 13.2. The van der Waals surface area contributed by atoms with Crippen molar-refractivity contribution in [3.05, 3.63) is 23.3 Å². The second-order valence-electron chi connectivity index (χ2n) is 5.56. The molecule has 0 aromatic heterocycles. The summed E-state index contributed by atoms with van der Waals surface area (Å²) in [5.74, 6) is 2.33. The van der Waals surface area contributed by atoms with Gasteiger partial charge in [-0.3, -0.25) is 9.59 Å². The smallest absolute Gasteiger partial charge is 0.293 e. The maximum atomic E-state index is 11.7. The van der Waals surface area contributed by atoms with Crippen molar-refractivity contribution >= 4 is 12.3 Å². The van der Waals surface area contributed by atoms with Gasteiger partial charge in [-0.15, -0.1) is 0 Å². The van der Waals surface area contributed by atoms with E-state index in [0.717, 1.165) is 17.9 Å². The summed E-state index contributed by atoms with van der Waals surface area (Å²) in [5.41, 5.74) is 1.29. The molecule has 0 bridgehead atoms. The van der Waals surface area contributed by atoms with Gasteiger partial charge in [0, 0.05) is 23.8 Å². The van der Waals surface area contributed by atoms with Crippen LogP contribution in [0.25, 0.3) is 0 Å². The molecule has 120 valence electrons. The maximum absolute atomic E-state index is 11.7. The summed E-state index contributed by atoms with van der Waals surface area (Å²) < 4.78 is 9.78. The molecule has 0 radical (unpaired) electrons. The van der Waals surface area contributed by atoms with Crippen LogP contribution in [0, 0.1) is 11.8 Å². The number of hydrogen-bond donors (Lipinski definition) is 1. The number of Topliss-reactive ketones (excluding diaryl/α,β-unsaturated/α-hetero) is 1. The first-order chi connectivity index (χ1) is 10.6. The van der Waals surface area contributed by atoms with E-state index in [0.29, 0.717) is 42.8 Å². The molecular weight excluding hydrogens is 284 g/mol. The Morgan fingerprint density at radius 2 is 2.18 bits per heavy atom. The molecule has 1 N–H and O–H groups in total. The second kappa shape index (κ2) is 6.81. The number of carbonyl (C=O) groups excluding carboxylic acids is 2. The van der Waals surface area contributed by atoms with E-state index in [2.05, 4.69) is 11.7 Å². The molecule has 3 rings (SSSR count). The molecule has 3 atom stereocenters. The van der Waals surface area contributed by atoms with Crippen LogP contribution >= 0.6 is 0 Å². The number of aromatic hydroxyl groups is 1. The highest BCUT2D eigenvalue weighted by Crippen LogP contribution is 2.61. The number of phenols is 1. The fourth-order valence-electron chi connectivity index (χ4n) is 2.99. The molecule has 5 nitrogen and oxygen atoms in total. The van der Waals surface area contributed by atoms with E-state index in [9.17, 15) is 14.7 Å². The normalized spacial score (nSPS) is 23.9. The van der Waals surface area contributed by atoms with E-state index in [1.54, 1.807) is 19.9 Å².